The van der Waals surface area contributed by atoms with E-state index in [0.29, 0.717) is 12.6 Å². The minimum absolute atomic E-state index is 0.557. The summed E-state index contributed by atoms with van der Waals surface area (Å²) in [6, 6.07) is 0.557. The lowest BCUT2D eigenvalue weighted by atomic mass is 9.80. The number of nitrogens with zero attached hydrogens (tertiary/aromatic N) is 3. The topological polar surface area (TPSA) is 54.2 Å². The van der Waals surface area contributed by atoms with Gasteiger partial charge in [0.15, 0.2) is 5.96 Å². The van der Waals surface area contributed by atoms with Crippen LogP contribution in [0, 0.1) is 11.8 Å². The Kier molecular flexibility index (Phi) is 6.28. The summed E-state index contributed by atoms with van der Waals surface area (Å²) >= 11 is 0. The largest absolute Gasteiger partial charge is 0.357 e. The highest BCUT2D eigenvalue weighted by atomic mass is 15.2. The molecular weight excluding hydrogens is 274 g/mol. The van der Waals surface area contributed by atoms with Crippen LogP contribution in [0.25, 0.3) is 0 Å². The van der Waals surface area contributed by atoms with Gasteiger partial charge >= 0.3 is 0 Å². The summed E-state index contributed by atoms with van der Waals surface area (Å²) in [5.41, 5.74) is 1.14. The minimum atomic E-state index is 0.557. The molecule has 1 aliphatic rings. The van der Waals surface area contributed by atoms with Gasteiger partial charge in [-0.05, 0) is 44.4 Å². The molecule has 1 fully saturated rings. The van der Waals surface area contributed by atoms with Gasteiger partial charge in [0.05, 0.1) is 12.7 Å². The smallest absolute Gasteiger partial charge is 0.191 e. The molecule has 0 radical (unpaired) electrons. The molecule has 0 atom stereocenters. The average molecular weight is 305 g/mol. The summed E-state index contributed by atoms with van der Waals surface area (Å²) in [5.74, 6) is 2.64. The van der Waals surface area contributed by atoms with Crippen LogP contribution < -0.4 is 10.6 Å². The Morgan fingerprint density at radius 2 is 2.09 bits per heavy atom. The third kappa shape index (κ3) is 5.04. The van der Waals surface area contributed by atoms with Crippen LogP contribution in [0.1, 0.15) is 52.0 Å². The maximum Gasteiger partial charge on any atom is 0.191 e. The van der Waals surface area contributed by atoms with Gasteiger partial charge in [-0.3, -0.25) is 4.68 Å². The summed E-state index contributed by atoms with van der Waals surface area (Å²) in [7, 11) is 1.93. The fourth-order valence-electron chi connectivity index (χ4n) is 3.17. The van der Waals surface area contributed by atoms with E-state index in [9.17, 15) is 0 Å². The molecule has 2 rings (SSSR count). The third-order valence-corrected chi connectivity index (χ3v) is 4.58. The standard InChI is InChI=1S/C17H31N5/c1-5-18-17(19-10-14-11-20-22(4)12-14)21-16-8-6-15(7-9-16)13(2)3/h11-13,15-16H,5-10H2,1-4H3,(H2,18,19,21). The maximum absolute atomic E-state index is 4.69. The van der Waals surface area contributed by atoms with Crippen LogP contribution in [0.2, 0.25) is 0 Å². The van der Waals surface area contributed by atoms with Crippen LogP contribution in [0.4, 0.5) is 0 Å². The van der Waals surface area contributed by atoms with Crippen LogP contribution >= 0.6 is 0 Å². The summed E-state index contributed by atoms with van der Waals surface area (Å²) in [4.78, 5) is 4.69. The monoisotopic (exact) mass is 305 g/mol. The molecule has 0 bridgehead atoms. The molecule has 1 saturated carbocycles. The van der Waals surface area contributed by atoms with Crippen molar-refractivity contribution in [2.75, 3.05) is 6.54 Å². The van der Waals surface area contributed by atoms with Crippen molar-refractivity contribution in [3.63, 3.8) is 0 Å². The van der Waals surface area contributed by atoms with Crippen molar-refractivity contribution in [3.05, 3.63) is 18.0 Å². The zero-order chi connectivity index (χ0) is 15.9. The Bertz CT molecular complexity index is 469. The highest BCUT2D eigenvalue weighted by Gasteiger charge is 2.23. The normalized spacial score (nSPS) is 22.9. The Balaban J connectivity index is 1.86. The van der Waals surface area contributed by atoms with E-state index < -0.39 is 0 Å². The lowest BCUT2D eigenvalue weighted by Gasteiger charge is -2.32. The van der Waals surface area contributed by atoms with Gasteiger partial charge in [0.1, 0.15) is 0 Å². The third-order valence-electron chi connectivity index (χ3n) is 4.58. The van der Waals surface area contributed by atoms with Crippen LogP contribution in [0.5, 0.6) is 0 Å². The summed E-state index contributed by atoms with van der Waals surface area (Å²) in [6.45, 7) is 8.36. The molecule has 5 heteroatoms. The summed E-state index contributed by atoms with van der Waals surface area (Å²) < 4.78 is 1.82. The molecule has 0 spiro atoms. The second-order valence-electron chi connectivity index (χ2n) is 6.72. The number of nitrogens with one attached hydrogen (secondary N) is 2. The molecule has 5 nitrogen and oxygen atoms in total. The SMILES string of the molecule is CCNC(=NCc1cnn(C)c1)NC1CCC(C(C)C)CC1. The highest BCUT2D eigenvalue weighted by Crippen LogP contribution is 2.29. The van der Waals surface area contributed by atoms with Gasteiger partial charge < -0.3 is 10.6 Å². The van der Waals surface area contributed by atoms with E-state index in [4.69, 9.17) is 0 Å². The lowest BCUT2D eigenvalue weighted by Crippen LogP contribution is -2.45. The van der Waals surface area contributed by atoms with Crippen LogP contribution in [-0.4, -0.2) is 28.3 Å². The van der Waals surface area contributed by atoms with Crippen LogP contribution in [0.3, 0.4) is 0 Å². The first-order valence-electron chi connectivity index (χ1n) is 8.60. The molecule has 0 aromatic carbocycles. The Morgan fingerprint density at radius 1 is 1.36 bits per heavy atom. The van der Waals surface area contributed by atoms with Crippen LogP contribution in [0.15, 0.2) is 17.4 Å². The minimum Gasteiger partial charge on any atom is -0.357 e. The van der Waals surface area contributed by atoms with E-state index in [1.165, 1.54) is 25.7 Å². The van der Waals surface area contributed by atoms with Crippen molar-refractivity contribution in [3.8, 4) is 0 Å². The number of rotatable bonds is 5. The van der Waals surface area contributed by atoms with E-state index in [1.54, 1.807) is 0 Å². The maximum atomic E-state index is 4.69. The first-order valence-corrected chi connectivity index (χ1v) is 8.60. The van der Waals surface area contributed by atoms with E-state index >= 15 is 0 Å². The number of hydrogen-bond donors (Lipinski definition) is 2. The van der Waals surface area contributed by atoms with Crippen molar-refractivity contribution >= 4 is 5.96 Å². The lowest BCUT2D eigenvalue weighted by molar-refractivity contribution is 0.250. The molecule has 22 heavy (non-hydrogen) atoms. The predicted molar refractivity (Wildman–Crippen MR) is 91.7 cm³/mol. The van der Waals surface area contributed by atoms with E-state index in [-0.39, 0.29) is 0 Å². The molecule has 0 unspecified atom stereocenters. The van der Waals surface area contributed by atoms with E-state index in [0.717, 1.165) is 29.9 Å². The highest BCUT2D eigenvalue weighted by molar-refractivity contribution is 5.80. The summed E-state index contributed by atoms with van der Waals surface area (Å²) in [6.07, 6.45) is 9.05. The number of aryl methyl sites for hydroxylation is 1. The van der Waals surface area contributed by atoms with Crippen molar-refractivity contribution in [1.82, 2.24) is 20.4 Å². The summed E-state index contributed by atoms with van der Waals surface area (Å²) in [5, 5.41) is 11.1. The predicted octanol–water partition coefficient (Wildman–Crippen LogP) is 2.69. The fourth-order valence-corrected chi connectivity index (χ4v) is 3.17. The molecule has 1 aromatic rings. The molecule has 124 valence electrons. The Hall–Kier alpha value is -1.52. The number of aromatic nitrogens is 2. The second kappa shape index (κ2) is 8.20. The van der Waals surface area contributed by atoms with E-state index in [1.807, 2.05) is 24.1 Å². The number of aliphatic imine (C=N–C) groups is 1. The zero-order valence-corrected chi connectivity index (χ0v) is 14.5. The molecular formula is C17H31N5. The van der Waals surface area contributed by atoms with Crippen molar-refractivity contribution in [2.24, 2.45) is 23.9 Å². The van der Waals surface area contributed by atoms with Gasteiger partial charge in [0.2, 0.25) is 0 Å². The fraction of sp³-hybridized carbons (Fsp3) is 0.765. The molecule has 1 heterocycles. The number of guanidine groups is 1. The van der Waals surface area contributed by atoms with Gasteiger partial charge in [0, 0.05) is 31.4 Å². The van der Waals surface area contributed by atoms with Gasteiger partial charge in [0.25, 0.3) is 0 Å². The quantitative estimate of drug-likeness (QED) is 0.649. The molecule has 1 aromatic heterocycles. The molecule has 0 amide bonds. The first kappa shape index (κ1) is 16.8. The van der Waals surface area contributed by atoms with Crippen molar-refractivity contribution in [2.45, 2.75) is 59.0 Å². The van der Waals surface area contributed by atoms with Gasteiger partial charge in [-0.2, -0.15) is 5.10 Å². The molecule has 1 aliphatic carbocycles. The Morgan fingerprint density at radius 3 is 2.64 bits per heavy atom. The second-order valence-corrected chi connectivity index (χ2v) is 6.72. The molecule has 0 saturated heterocycles. The first-order chi connectivity index (χ1) is 10.6. The molecule has 0 aliphatic heterocycles. The Labute approximate surface area is 134 Å². The van der Waals surface area contributed by atoms with Gasteiger partial charge in [-0.15, -0.1) is 0 Å². The van der Waals surface area contributed by atoms with E-state index in [2.05, 4.69) is 41.5 Å². The van der Waals surface area contributed by atoms with Crippen molar-refractivity contribution < 1.29 is 0 Å². The van der Waals surface area contributed by atoms with Crippen molar-refractivity contribution in [1.29, 1.82) is 0 Å². The van der Waals surface area contributed by atoms with Crippen LogP contribution in [-0.2, 0) is 13.6 Å². The molecule has 2 N–H and O–H groups in total. The number of hydrogen-bond acceptors (Lipinski definition) is 2. The average Bonchev–Trinajstić information content (AvgIpc) is 2.91. The van der Waals surface area contributed by atoms with Gasteiger partial charge in [-0.25, -0.2) is 4.99 Å². The van der Waals surface area contributed by atoms with Gasteiger partial charge in [-0.1, -0.05) is 13.8 Å². The zero-order valence-electron chi connectivity index (χ0n) is 14.5.